The molecule has 18 heavy (non-hydrogen) atoms. The molecule has 0 amide bonds. The lowest BCUT2D eigenvalue weighted by Gasteiger charge is -2.09. The molecule has 0 N–H and O–H groups in total. The minimum Gasteiger partial charge on any atom is -0.493 e. The molecule has 2 aromatic rings. The van der Waals surface area contributed by atoms with Crippen LogP contribution >= 0.6 is 49.9 Å². The van der Waals surface area contributed by atoms with Crippen LogP contribution in [0.3, 0.4) is 0 Å². The predicted molar refractivity (Wildman–Crippen MR) is 85.8 cm³/mol. The van der Waals surface area contributed by atoms with Gasteiger partial charge in [-0.05, 0) is 53.8 Å². The van der Waals surface area contributed by atoms with E-state index in [0.29, 0.717) is 23.5 Å². The Morgan fingerprint density at radius 3 is 2.83 bits per heavy atom. The molecule has 94 valence electrons. The first-order valence-electron chi connectivity index (χ1n) is 5.33. The van der Waals surface area contributed by atoms with Gasteiger partial charge in [-0.1, -0.05) is 15.9 Å². The van der Waals surface area contributed by atoms with Crippen molar-refractivity contribution < 1.29 is 9.53 Å². The zero-order chi connectivity index (χ0) is 13.1. The molecule has 2 rings (SSSR count). The van der Waals surface area contributed by atoms with Gasteiger partial charge in [0.25, 0.3) is 0 Å². The Hall–Kier alpha value is -0.400. The Bertz CT molecular complexity index is 580. The maximum absolute atomic E-state index is 12.4. The lowest BCUT2D eigenvalue weighted by molar-refractivity contribution is 0.103. The van der Waals surface area contributed by atoms with Crippen LogP contribution in [0.2, 0.25) is 0 Å². The molecule has 0 saturated carbocycles. The molecule has 0 atom stereocenters. The molecule has 0 aliphatic heterocycles. The van der Waals surface area contributed by atoms with Gasteiger partial charge in [-0.25, -0.2) is 0 Å². The van der Waals surface area contributed by atoms with E-state index >= 15 is 0 Å². The summed E-state index contributed by atoms with van der Waals surface area (Å²) < 4.78 is 7.48. The highest BCUT2D eigenvalue weighted by atomic mass is 127. The highest BCUT2D eigenvalue weighted by Gasteiger charge is 2.16. The highest BCUT2D eigenvalue weighted by Crippen LogP contribution is 2.27. The van der Waals surface area contributed by atoms with Gasteiger partial charge in [0.15, 0.2) is 5.78 Å². The zero-order valence-corrected chi connectivity index (χ0v) is 14.1. The van der Waals surface area contributed by atoms with Gasteiger partial charge in [0.05, 0.1) is 15.1 Å². The Balaban J connectivity index is 2.42. The van der Waals surface area contributed by atoms with Crippen LogP contribution in [0.5, 0.6) is 5.75 Å². The van der Waals surface area contributed by atoms with Crippen LogP contribution in [0.15, 0.2) is 34.1 Å². The molecule has 2 nitrogen and oxygen atoms in total. The standard InChI is InChI=1S/C13H10BrIO2S/c1-2-17-11-4-3-9(14)6-10(11)13(16)8-5-12(15)18-7-8/h3-7H,2H2,1H3. The van der Waals surface area contributed by atoms with Gasteiger partial charge in [-0.15, -0.1) is 11.3 Å². The second-order valence-corrected chi connectivity index (χ2v) is 7.26. The van der Waals surface area contributed by atoms with Crippen molar-refractivity contribution in [2.24, 2.45) is 0 Å². The Morgan fingerprint density at radius 1 is 1.44 bits per heavy atom. The summed E-state index contributed by atoms with van der Waals surface area (Å²) in [5.41, 5.74) is 1.31. The highest BCUT2D eigenvalue weighted by molar-refractivity contribution is 14.1. The second-order valence-electron chi connectivity index (χ2n) is 3.54. The van der Waals surface area contributed by atoms with Gasteiger partial charge < -0.3 is 4.74 Å². The molecular weight excluding hydrogens is 427 g/mol. The van der Waals surface area contributed by atoms with Crippen LogP contribution in [0.4, 0.5) is 0 Å². The topological polar surface area (TPSA) is 26.3 Å². The van der Waals surface area contributed by atoms with Crippen LogP contribution in [-0.4, -0.2) is 12.4 Å². The van der Waals surface area contributed by atoms with Crippen molar-refractivity contribution >= 4 is 55.6 Å². The van der Waals surface area contributed by atoms with Crippen molar-refractivity contribution in [3.8, 4) is 5.75 Å². The summed E-state index contributed by atoms with van der Waals surface area (Å²) in [5.74, 6) is 0.630. The number of carbonyl (C=O) groups is 1. The molecule has 0 radical (unpaired) electrons. The summed E-state index contributed by atoms with van der Waals surface area (Å²) in [6.45, 7) is 2.45. The van der Waals surface area contributed by atoms with E-state index in [-0.39, 0.29) is 5.78 Å². The third-order valence-corrected chi connectivity index (χ3v) is 4.60. The third kappa shape index (κ3) is 3.13. The van der Waals surface area contributed by atoms with E-state index in [1.807, 2.05) is 30.5 Å². The second kappa shape index (κ2) is 6.16. The molecule has 0 spiro atoms. The molecule has 1 aromatic heterocycles. The summed E-state index contributed by atoms with van der Waals surface area (Å²) in [4.78, 5) is 12.4. The van der Waals surface area contributed by atoms with Crippen LogP contribution in [0.1, 0.15) is 22.8 Å². The van der Waals surface area contributed by atoms with Crippen LogP contribution in [-0.2, 0) is 0 Å². The number of rotatable bonds is 4. The number of ether oxygens (including phenoxy) is 1. The summed E-state index contributed by atoms with van der Waals surface area (Å²) in [7, 11) is 0. The van der Waals surface area contributed by atoms with Crippen molar-refractivity contribution in [3.63, 3.8) is 0 Å². The van der Waals surface area contributed by atoms with E-state index in [2.05, 4.69) is 38.5 Å². The summed E-state index contributed by atoms with van der Waals surface area (Å²) in [6, 6.07) is 7.39. The fourth-order valence-electron chi connectivity index (χ4n) is 1.55. The van der Waals surface area contributed by atoms with Crippen LogP contribution in [0, 0.1) is 2.88 Å². The number of ketones is 1. The van der Waals surface area contributed by atoms with Crippen molar-refractivity contribution in [3.05, 3.63) is 48.1 Å². The minimum absolute atomic E-state index is 0.00100. The van der Waals surface area contributed by atoms with E-state index in [4.69, 9.17) is 4.74 Å². The number of hydrogen-bond donors (Lipinski definition) is 0. The fraction of sp³-hybridized carbons (Fsp3) is 0.154. The van der Waals surface area contributed by atoms with Gasteiger partial charge in [-0.2, -0.15) is 0 Å². The molecule has 1 heterocycles. The largest absolute Gasteiger partial charge is 0.493 e. The molecule has 0 aliphatic carbocycles. The third-order valence-electron chi connectivity index (χ3n) is 2.32. The van der Waals surface area contributed by atoms with Crippen LogP contribution in [0.25, 0.3) is 0 Å². The summed E-state index contributed by atoms with van der Waals surface area (Å²) >= 11 is 7.16. The van der Waals surface area contributed by atoms with Crippen LogP contribution < -0.4 is 4.74 Å². The summed E-state index contributed by atoms with van der Waals surface area (Å²) in [5, 5.41) is 1.88. The monoisotopic (exact) mass is 436 g/mol. The molecule has 1 aromatic carbocycles. The maximum Gasteiger partial charge on any atom is 0.197 e. The first-order chi connectivity index (χ1) is 8.61. The molecule has 0 fully saturated rings. The maximum atomic E-state index is 12.4. The first-order valence-corrected chi connectivity index (χ1v) is 8.08. The van der Waals surface area contributed by atoms with Crippen molar-refractivity contribution in [2.45, 2.75) is 6.92 Å². The molecule has 0 unspecified atom stereocenters. The van der Waals surface area contributed by atoms with Crippen molar-refractivity contribution in [2.75, 3.05) is 6.61 Å². The number of halogens is 2. The van der Waals surface area contributed by atoms with Gasteiger partial charge in [0, 0.05) is 15.4 Å². The molecule has 0 bridgehead atoms. The molecule has 0 saturated heterocycles. The lowest BCUT2D eigenvalue weighted by atomic mass is 10.1. The molecular formula is C13H10BrIO2S. The smallest absolute Gasteiger partial charge is 0.197 e. The quantitative estimate of drug-likeness (QED) is 0.510. The first kappa shape index (κ1) is 14.0. The Kier molecular flexibility index (Phi) is 4.80. The van der Waals surface area contributed by atoms with E-state index in [1.54, 1.807) is 17.4 Å². The minimum atomic E-state index is -0.00100. The number of carbonyl (C=O) groups excluding carboxylic acids is 1. The summed E-state index contributed by atoms with van der Waals surface area (Å²) in [6.07, 6.45) is 0. The SMILES string of the molecule is CCOc1ccc(Br)cc1C(=O)c1csc(I)c1. The van der Waals surface area contributed by atoms with E-state index in [0.717, 1.165) is 7.36 Å². The number of thiophene rings is 1. The van der Waals surface area contributed by atoms with E-state index < -0.39 is 0 Å². The van der Waals surface area contributed by atoms with Gasteiger partial charge >= 0.3 is 0 Å². The van der Waals surface area contributed by atoms with E-state index in [1.165, 1.54) is 0 Å². The van der Waals surface area contributed by atoms with Gasteiger partial charge in [0.2, 0.25) is 0 Å². The molecule has 5 heteroatoms. The van der Waals surface area contributed by atoms with Crippen molar-refractivity contribution in [1.29, 1.82) is 0 Å². The van der Waals surface area contributed by atoms with E-state index in [9.17, 15) is 4.79 Å². The number of hydrogen-bond acceptors (Lipinski definition) is 3. The lowest BCUT2D eigenvalue weighted by Crippen LogP contribution is -2.04. The Morgan fingerprint density at radius 2 is 2.22 bits per heavy atom. The zero-order valence-electron chi connectivity index (χ0n) is 9.57. The normalized spacial score (nSPS) is 10.4. The van der Waals surface area contributed by atoms with Gasteiger partial charge in [0.1, 0.15) is 5.75 Å². The fourth-order valence-corrected chi connectivity index (χ4v) is 3.23. The van der Waals surface area contributed by atoms with Crippen molar-refractivity contribution in [1.82, 2.24) is 0 Å². The Labute approximate surface area is 132 Å². The average molecular weight is 437 g/mol. The average Bonchev–Trinajstić information content (AvgIpc) is 2.77. The number of benzene rings is 1. The predicted octanol–water partition coefficient (Wildman–Crippen LogP) is 4.74. The molecule has 0 aliphatic rings. The van der Waals surface area contributed by atoms with Gasteiger partial charge in [-0.3, -0.25) is 4.79 Å².